The molecule has 0 aliphatic heterocycles. The smallest absolute Gasteiger partial charge is 0.310 e. The van der Waals surface area contributed by atoms with Crippen molar-refractivity contribution in [2.45, 2.75) is 18.3 Å². The van der Waals surface area contributed by atoms with Gasteiger partial charge >= 0.3 is 5.97 Å². The van der Waals surface area contributed by atoms with E-state index in [1.807, 2.05) is 0 Å². The highest BCUT2D eigenvalue weighted by molar-refractivity contribution is 9.10. The van der Waals surface area contributed by atoms with Gasteiger partial charge in [-0.1, -0.05) is 0 Å². The lowest BCUT2D eigenvalue weighted by atomic mass is 9.77. The highest BCUT2D eigenvalue weighted by Gasteiger charge is 2.56. The number of esters is 1. The van der Waals surface area contributed by atoms with Crippen LogP contribution in [-0.2, 0) is 9.53 Å². The molecule has 98 valence electrons. The van der Waals surface area contributed by atoms with Crippen LogP contribution in [-0.4, -0.2) is 24.3 Å². The first-order valence-corrected chi connectivity index (χ1v) is 6.77. The van der Waals surface area contributed by atoms with Gasteiger partial charge in [0.1, 0.15) is 0 Å². The number of nitrogens with one attached hydrogen (secondary N) is 1. The van der Waals surface area contributed by atoms with Crippen LogP contribution in [0.15, 0.2) is 4.60 Å². The van der Waals surface area contributed by atoms with E-state index in [0.29, 0.717) is 5.69 Å². The molecule has 0 unspecified atom stereocenters. The van der Waals surface area contributed by atoms with Crippen molar-refractivity contribution in [1.29, 1.82) is 5.26 Å². The Morgan fingerprint density at radius 2 is 2.26 bits per heavy atom. The summed E-state index contributed by atoms with van der Waals surface area (Å²) in [4.78, 5) is 26.0. The molecule has 1 saturated carbocycles. The van der Waals surface area contributed by atoms with Gasteiger partial charge in [0.25, 0.3) is 0 Å². The number of hydrogen-bond donors (Lipinski definition) is 1. The molecule has 6 heteroatoms. The molecule has 2 aliphatic rings. The maximum absolute atomic E-state index is 11.9. The summed E-state index contributed by atoms with van der Waals surface area (Å²) in [6.07, 6.45) is 1.50. The second kappa shape index (κ2) is 4.20. The Labute approximate surface area is 118 Å². The van der Waals surface area contributed by atoms with E-state index in [4.69, 9.17) is 4.74 Å². The number of halogens is 1. The number of aldehydes is 1. The average molecular weight is 323 g/mol. The van der Waals surface area contributed by atoms with Gasteiger partial charge in [-0.05, 0) is 33.5 Å². The molecule has 1 fully saturated rings. The van der Waals surface area contributed by atoms with E-state index in [-0.39, 0.29) is 17.8 Å². The molecular formula is C13H11BrN2O3. The Bertz CT molecular complexity index is 616. The van der Waals surface area contributed by atoms with Crippen LogP contribution in [0.3, 0.4) is 0 Å². The third kappa shape index (κ3) is 1.45. The number of nitriles is 1. The number of rotatable bonds is 2. The standard InChI is InChI=1S/C13H11BrN2O3/c1-19-13(18)9-6-2-5(7(9)3-15)10-8(4-17)16-12(14)11(6)10/h4-7,9,16H,2H2,1H3/t5-,6+,7+,9+/m1/s1. The Morgan fingerprint density at radius 1 is 1.53 bits per heavy atom. The van der Waals surface area contributed by atoms with Crippen molar-refractivity contribution >= 4 is 28.2 Å². The summed E-state index contributed by atoms with van der Waals surface area (Å²) in [6, 6.07) is 2.22. The van der Waals surface area contributed by atoms with Crippen LogP contribution in [0.2, 0.25) is 0 Å². The van der Waals surface area contributed by atoms with Crippen molar-refractivity contribution in [3.8, 4) is 6.07 Å². The van der Waals surface area contributed by atoms with E-state index in [1.54, 1.807) is 0 Å². The van der Waals surface area contributed by atoms with Crippen molar-refractivity contribution < 1.29 is 14.3 Å². The molecule has 5 nitrogen and oxygen atoms in total. The van der Waals surface area contributed by atoms with Crippen molar-refractivity contribution in [3.63, 3.8) is 0 Å². The summed E-state index contributed by atoms with van der Waals surface area (Å²) in [5, 5.41) is 9.33. The number of aromatic nitrogens is 1. The molecule has 0 aromatic carbocycles. The second-order valence-electron chi connectivity index (χ2n) is 4.95. The van der Waals surface area contributed by atoms with E-state index >= 15 is 0 Å². The summed E-state index contributed by atoms with van der Waals surface area (Å²) in [5.74, 6) is -1.29. The lowest BCUT2D eigenvalue weighted by Crippen LogP contribution is -2.28. The molecule has 19 heavy (non-hydrogen) atoms. The van der Waals surface area contributed by atoms with Crippen molar-refractivity contribution in [3.05, 3.63) is 21.4 Å². The van der Waals surface area contributed by atoms with Crippen LogP contribution >= 0.6 is 15.9 Å². The van der Waals surface area contributed by atoms with Gasteiger partial charge in [0.05, 0.1) is 35.3 Å². The summed E-state index contributed by atoms with van der Waals surface area (Å²) in [5.41, 5.74) is 2.38. The van der Waals surface area contributed by atoms with Gasteiger partial charge < -0.3 is 9.72 Å². The Hall–Kier alpha value is -1.61. The summed E-state index contributed by atoms with van der Waals surface area (Å²) >= 11 is 3.40. The normalized spacial score (nSPS) is 30.8. The molecule has 1 aromatic heterocycles. The largest absolute Gasteiger partial charge is 0.469 e. The highest BCUT2D eigenvalue weighted by atomic mass is 79.9. The number of aromatic amines is 1. The molecule has 0 radical (unpaired) electrons. The first-order chi connectivity index (χ1) is 9.13. The molecular weight excluding hydrogens is 312 g/mol. The minimum atomic E-state index is -0.431. The molecule has 3 rings (SSSR count). The lowest BCUT2D eigenvalue weighted by molar-refractivity contribution is -0.146. The topological polar surface area (TPSA) is 82.9 Å². The zero-order chi connectivity index (χ0) is 13.7. The number of carbonyl (C=O) groups is 2. The minimum absolute atomic E-state index is 0.0450. The van der Waals surface area contributed by atoms with Crippen molar-refractivity contribution in [1.82, 2.24) is 4.98 Å². The van der Waals surface area contributed by atoms with Gasteiger partial charge in [-0.15, -0.1) is 0 Å². The molecule has 1 heterocycles. The molecule has 4 atom stereocenters. The van der Waals surface area contributed by atoms with Crippen LogP contribution < -0.4 is 0 Å². The fourth-order valence-electron chi connectivity index (χ4n) is 3.65. The van der Waals surface area contributed by atoms with Crippen molar-refractivity contribution in [2.75, 3.05) is 7.11 Å². The Balaban J connectivity index is 2.15. The number of H-pyrrole nitrogens is 1. The van der Waals surface area contributed by atoms with Crippen LogP contribution in [0.25, 0.3) is 0 Å². The van der Waals surface area contributed by atoms with Crippen LogP contribution in [0, 0.1) is 23.2 Å². The predicted octanol–water partition coefficient (Wildman–Crippen LogP) is 2.10. The Morgan fingerprint density at radius 3 is 2.84 bits per heavy atom. The maximum Gasteiger partial charge on any atom is 0.310 e. The molecule has 1 N–H and O–H groups in total. The van der Waals surface area contributed by atoms with Crippen LogP contribution in [0.1, 0.15) is 39.9 Å². The van der Waals surface area contributed by atoms with Gasteiger partial charge in [0.15, 0.2) is 6.29 Å². The van der Waals surface area contributed by atoms with E-state index < -0.39 is 11.8 Å². The van der Waals surface area contributed by atoms with Crippen molar-refractivity contribution in [2.24, 2.45) is 11.8 Å². The number of hydrogen-bond acceptors (Lipinski definition) is 4. The van der Waals surface area contributed by atoms with Gasteiger partial charge in [-0.2, -0.15) is 5.26 Å². The summed E-state index contributed by atoms with van der Waals surface area (Å²) < 4.78 is 5.56. The van der Waals surface area contributed by atoms with Gasteiger partial charge in [-0.3, -0.25) is 9.59 Å². The molecule has 2 aliphatic carbocycles. The quantitative estimate of drug-likeness (QED) is 0.667. The third-order valence-corrected chi connectivity index (χ3v) is 4.93. The average Bonchev–Trinajstić information content (AvgIpc) is 3.06. The highest BCUT2D eigenvalue weighted by Crippen LogP contribution is 2.61. The molecule has 2 bridgehead atoms. The van der Waals surface area contributed by atoms with Crippen LogP contribution in [0.4, 0.5) is 0 Å². The minimum Gasteiger partial charge on any atom is -0.469 e. The number of methoxy groups -OCH3 is 1. The number of ether oxygens (including phenoxy) is 1. The first kappa shape index (κ1) is 12.4. The SMILES string of the molecule is COC(=O)[C@@H]1[C@@H](C#N)[C@H]2C[C@@H]1c1c(Br)[nH]c(C=O)c12. The van der Waals surface area contributed by atoms with Gasteiger partial charge in [-0.25, -0.2) is 0 Å². The molecule has 0 amide bonds. The second-order valence-corrected chi connectivity index (χ2v) is 5.74. The fourth-order valence-corrected chi connectivity index (χ4v) is 4.37. The number of fused-ring (bicyclic) bond motifs is 5. The maximum atomic E-state index is 11.9. The number of nitrogens with zero attached hydrogens (tertiary/aromatic N) is 1. The van der Waals surface area contributed by atoms with Gasteiger partial charge in [0.2, 0.25) is 0 Å². The zero-order valence-corrected chi connectivity index (χ0v) is 11.7. The van der Waals surface area contributed by atoms with E-state index in [0.717, 1.165) is 28.4 Å². The Kier molecular flexibility index (Phi) is 2.75. The van der Waals surface area contributed by atoms with Gasteiger partial charge in [0, 0.05) is 11.8 Å². The first-order valence-electron chi connectivity index (χ1n) is 5.97. The number of carbonyl (C=O) groups excluding carboxylic acids is 2. The monoisotopic (exact) mass is 322 g/mol. The van der Waals surface area contributed by atoms with E-state index in [2.05, 4.69) is 27.0 Å². The van der Waals surface area contributed by atoms with Crippen LogP contribution in [0.5, 0.6) is 0 Å². The molecule has 0 saturated heterocycles. The van der Waals surface area contributed by atoms with E-state index in [9.17, 15) is 14.9 Å². The summed E-state index contributed by atoms with van der Waals surface area (Å²) in [7, 11) is 1.34. The van der Waals surface area contributed by atoms with E-state index in [1.165, 1.54) is 7.11 Å². The fraction of sp³-hybridized carbons (Fsp3) is 0.462. The predicted molar refractivity (Wildman–Crippen MR) is 68.6 cm³/mol. The molecule has 0 spiro atoms. The zero-order valence-electron chi connectivity index (χ0n) is 10.1. The lowest BCUT2D eigenvalue weighted by Gasteiger charge is -2.24. The summed E-state index contributed by atoms with van der Waals surface area (Å²) in [6.45, 7) is 0. The third-order valence-electron chi connectivity index (χ3n) is 4.30. The molecule has 1 aromatic rings.